The van der Waals surface area contributed by atoms with Crippen LogP contribution in [0, 0.1) is 0 Å². The van der Waals surface area contributed by atoms with Crippen LogP contribution in [0.5, 0.6) is 0 Å². The fourth-order valence-electron chi connectivity index (χ4n) is 5.33. The molecule has 0 saturated carbocycles. The number of hydrogen-bond donors (Lipinski definition) is 2. The summed E-state index contributed by atoms with van der Waals surface area (Å²) in [5, 5.41) is 12.7. The Kier molecular flexibility index (Phi) is 10.8. The molecule has 37 heavy (non-hydrogen) atoms. The van der Waals surface area contributed by atoms with Crippen LogP contribution in [-0.2, 0) is 31.3 Å². The summed E-state index contributed by atoms with van der Waals surface area (Å²) in [6.45, 7) is 2.51. The van der Waals surface area contributed by atoms with Gasteiger partial charge in [-0.3, -0.25) is 14.7 Å². The monoisotopic (exact) mass is 553 g/mol. The molecule has 2 aliphatic heterocycles. The van der Waals surface area contributed by atoms with Crippen molar-refractivity contribution in [1.82, 2.24) is 14.9 Å². The summed E-state index contributed by atoms with van der Waals surface area (Å²) in [7, 11) is -3.07. The molecule has 2 saturated heterocycles. The van der Waals surface area contributed by atoms with Crippen molar-refractivity contribution in [2.45, 2.75) is 63.1 Å². The maximum absolute atomic E-state index is 14.2. The van der Waals surface area contributed by atoms with Gasteiger partial charge in [0, 0.05) is 25.4 Å². The van der Waals surface area contributed by atoms with Gasteiger partial charge in [-0.05, 0) is 43.7 Å². The molecule has 0 aliphatic carbocycles. The van der Waals surface area contributed by atoms with Gasteiger partial charge in [0.15, 0.2) is 7.29 Å². The van der Waals surface area contributed by atoms with Crippen molar-refractivity contribution >= 4 is 62.8 Å². The number of hydrogen-bond acceptors (Lipinski definition) is 4. The van der Waals surface area contributed by atoms with Crippen LogP contribution in [0.3, 0.4) is 0 Å². The van der Waals surface area contributed by atoms with Crippen molar-refractivity contribution in [1.29, 1.82) is 0 Å². The molecule has 2 aliphatic rings. The Morgan fingerprint density at radius 1 is 0.919 bits per heavy atom. The van der Waals surface area contributed by atoms with Crippen LogP contribution < -0.4 is 5.09 Å². The molecule has 2 N–H and O–H groups in total. The van der Waals surface area contributed by atoms with E-state index < -0.39 is 31.4 Å². The Bertz CT molecular complexity index is 1100. The van der Waals surface area contributed by atoms with Gasteiger partial charge >= 0.3 is 43.7 Å². The van der Waals surface area contributed by atoms with Gasteiger partial charge in [-0.1, -0.05) is 60.7 Å². The van der Waals surface area contributed by atoms with E-state index in [1.807, 2.05) is 60.7 Å². The number of likely N-dealkylation sites (tertiary alicyclic amines) is 2. The first kappa shape index (κ1) is 29.8. The van der Waals surface area contributed by atoms with Crippen LogP contribution in [0.1, 0.15) is 46.6 Å². The van der Waals surface area contributed by atoms with Gasteiger partial charge < -0.3 is 22.3 Å². The first-order valence-corrected chi connectivity index (χ1v) is 14.6. The molecular weight excluding hydrogens is 517 g/mol. The second-order valence-corrected chi connectivity index (χ2v) is 12.4. The molecule has 10 heteroatoms. The third kappa shape index (κ3) is 7.45. The third-order valence-corrected chi connectivity index (χ3v) is 9.61. The van der Waals surface area contributed by atoms with Gasteiger partial charge in [-0.15, -0.1) is 0 Å². The zero-order valence-electron chi connectivity index (χ0n) is 23.3. The second kappa shape index (κ2) is 13.4. The minimum absolute atomic E-state index is 0. The zero-order valence-corrected chi connectivity index (χ0v) is 24.4. The molecule has 2 amide bonds. The summed E-state index contributed by atoms with van der Waals surface area (Å²) in [6, 6.07) is 16.9. The van der Waals surface area contributed by atoms with Crippen LogP contribution in [0.25, 0.3) is 0 Å². The smallest absolute Gasteiger partial charge is 1.00 e. The van der Waals surface area contributed by atoms with E-state index in [0.717, 1.165) is 11.1 Å². The van der Waals surface area contributed by atoms with Crippen LogP contribution in [0.2, 0.25) is 0 Å². The van der Waals surface area contributed by atoms with E-state index >= 15 is 0 Å². The summed E-state index contributed by atoms with van der Waals surface area (Å²) < 4.78 is 14.2. The van der Waals surface area contributed by atoms with E-state index in [2.05, 4.69) is 5.09 Å². The third-order valence-electron chi connectivity index (χ3n) is 7.00. The number of benzene rings is 2. The molecule has 196 valence electrons. The Morgan fingerprint density at radius 3 is 1.92 bits per heavy atom. The zero-order chi connectivity index (χ0) is 25.7. The van der Waals surface area contributed by atoms with Gasteiger partial charge in [-0.2, -0.15) is 0 Å². The van der Waals surface area contributed by atoms with Gasteiger partial charge in [-0.25, -0.2) is 4.79 Å². The topological polar surface area (TPSA) is 107 Å². The van der Waals surface area contributed by atoms with Crippen molar-refractivity contribution in [3.05, 3.63) is 71.8 Å². The van der Waals surface area contributed by atoms with Crippen molar-refractivity contribution in [2.75, 3.05) is 13.1 Å². The number of carboxylic acids is 1. The number of carbonyl (C=O) groups is 3. The van der Waals surface area contributed by atoms with E-state index in [0.29, 0.717) is 51.1 Å². The summed E-state index contributed by atoms with van der Waals surface area (Å²) in [5.41, 5.74) is 1.85. The SMILES string of the molecule is C[C@H](NP(=O)(Cc1ccccc1)Cc1ccccc1)C(=O)N1CCC[C@H]1C(=O)N1CCC[C@H]1C(=O)O.[Ca+2].[H-].[H-]. The molecule has 8 nitrogen and oxygen atoms in total. The van der Waals surface area contributed by atoms with Crippen LogP contribution in [0.15, 0.2) is 60.7 Å². The number of amides is 2. The van der Waals surface area contributed by atoms with Crippen LogP contribution in [-0.4, -0.2) is 102 Å². The second-order valence-electron chi connectivity index (χ2n) is 9.75. The van der Waals surface area contributed by atoms with Crippen molar-refractivity contribution in [3.63, 3.8) is 0 Å². The molecule has 0 aromatic heterocycles. The number of carboxylic acid groups (broad SMARTS) is 1. The standard InChI is InChI=1S/C27H34N3O5P.Ca.2H/c1-20(25(31)29-16-8-14-23(29)26(32)30-17-9-15-24(30)27(33)34)28-36(35,18-21-10-4-2-5-11-21)19-22-12-6-3-7-13-22;;;/h2-7,10-13,20,23-24H,8-9,14-19H2,1H3,(H,28,35)(H,33,34);;;/q;+2;2*-1/t20-,23-,24-;;;/m0.../s1. The van der Waals surface area contributed by atoms with Gasteiger partial charge in [0.2, 0.25) is 11.8 Å². The van der Waals surface area contributed by atoms with Crippen molar-refractivity contribution in [2.24, 2.45) is 0 Å². The number of nitrogens with one attached hydrogen (secondary N) is 1. The largest absolute Gasteiger partial charge is 2.00 e. The fourth-order valence-corrected chi connectivity index (χ4v) is 8.04. The average molecular weight is 554 g/mol. The first-order valence-electron chi connectivity index (χ1n) is 12.5. The normalized spacial score (nSPS) is 20.4. The maximum Gasteiger partial charge on any atom is 2.00 e. The maximum atomic E-state index is 14.2. The van der Waals surface area contributed by atoms with Crippen LogP contribution in [0.4, 0.5) is 0 Å². The van der Waals surface area contributed by atoms with Gasteiger partial charge in [0.1, 0.15) is 12.1 Å². The Balaban J connectivity index is 0.00000253. The fraction of sp³-hybridized carbons (Fsp3) is 0.444. The van der Waals surface area contributed by atoms with E-state index in [-0.39, 0.29) is 52.4 Å². The predicted octanol–water partition coefficient (Wildman–Crippen LogP) is 3.55. The van der Waals surface area contributed by atoms with Crippen molar-refractivity contribution < 1.29 is 26.9 Å². The molecule has 0 spiro atoms. The quantitative estimate of drug-likeness (QED) is 0.363. The predicted molar refractivity (Wildman–Crippen MR) is 146 cm³/mol. The molecule has 2 aromatic carbocycles. The Labute approximate surface area is 251 Å². The van der Waals surface area contributed by atoms with E-state index in [1.165, 1.54) is 4.90 Å². The Morgan fingerprint density at radius 2 is 1.41 bits per heavy atom. The summed E-state index contributed by atoms with van der Waals surface area (Å²) >= 11 is 0. The molecule has 0 radical (unpaired) electrons. The molecule has 2 heterocycles. The minimum Gasteiger partial charge on any atom is -1.00 e. The molecular formula is C27H36CaN3O5P. The Hall–Kier alpha value is -1.70. The summed E-state index contributed by atoms with van der Waals surface area (Å²) in [5.74, 6) is -1.58. The average Bonchev–Trinajstić information content (AvgIpc) is 3.54. The molecule has 3 atom stereocenters. The first-order chi connectivity index (χ1) is 17.3. The summed E-state index contributed by atoms with van der Waals surface area (Å²) in [4.78, 5) is 41.3. The number of carbonyl (C=O) groups excluding carboxylic acids is 2. The van der Waals surface area contributed by atoms with Gasteiger partial charge in [0.25, 0.3) is 0 Å². The van der Waals surface area contributed by atoms with Crippen LogP contribution >= 0.6 is 7.29 Å². The molecule has 0 bridgehead atoms. The number of nitrogens with zero attached hydrogens (tertiary/aromatic N) is 2. The molecule has 4 rings (SSSR count). The van der Waals surface area contributed by atoms with E-state index in [1.54, 1.807) is 11.8 Å². The van der Waals surface area contributed by atoms with Gasteiger partial charge in [0.05, 0.1) is 6.04 Å². The molecule has 0 unspecified atom stereocenters. The number of rotatable bonds is 9. The number of aliphatic carboxylic acids is 1. The van der Waals surface area contributed by atoms with E-state index in [9.17, 15) is 24.1 Å². The molecule has 2 fully saturated rings. The minimum atomic E-state index is -3.07. The molecule has 2 aromatic rings. The van der Waals surface area contributed by atoms with Crippen molar-refractivity contribution in [3.8, 4) is 0 Å². The van der Waals surface area contributed by atoms with E-state index in [4.69, 9.17) is 0 Å². The summed E-state index contributed by atoms with van der Waals surface area (Å²) in [6.07, 6.45) is 2.86.